The topological polar surface area (TPSA) is 20.2 Å². The molecule has 0 heterocycles. The van der Waals surface area contributed by atoms with Crippen LogP contribution in [0.5, 0.6) is 5.75 Å². The van der Waals surface area contributed by atoms with Crippen LogP contribution in [0.3, 0.4) is 0 Å². The average Bonchev–Trinajstić information content (AvgIpc) is 2.19. The second kappa shape index (κ2) is 4.76. The Morgan fingerprint density at radius 3 is 2.60 bits per heavy atom. The van der Waals surface area contributed by atoms with Gasteiger partial charge in [0, 0.05) is 26.5 Å². The van der Waals surface area contributed by atoms with E-state index in [0.29, 0.717) is 17.4 Å². The van der Waals surface area contributed by atoms with Crippen molar-refractivity contribution in [3.05, 3.63) is 41.7 Å². The average molecular weight is 385 g/mol. The molecule has 0 saturated heterocycles. The third-order valence-electron chi connectivity index (χ3n) is 2.43. The second-order valence-corrected chi connectivity index (χ2v) is 3.25. The maximum atomic E-state index is 13.4. The molecule has 15 heavy (non-hydrogen) atoms. The molecule has 1 nitrogen and oxygen atoms in total. The van der Waals surface area contributed by atoms with Crippen LogP contribution in [-0.4, -0.2) is 5.11 Å². The summed E-state index contributed by atoms with van der Waals surface area (Å²) in [6.07, 6.45) is 0.584. The van der Waals surface area contributed by atoms with Crippen molar-refractivity contribution in [1.29, 1.82) is 0 Å². The Morgan fingerprint density at radius 1 is 1.20 bits per heavy atom. The van der Waals surface area contributed by atoms with E-state index in [1.54, 1.807) is 18.2 Å². The van der Waals surface area contributed by atoms with Gasteiger partial charge in [-0.25, -0.2) is 4.39 Å². The summed E-state index contributed by atoms with van der Waals surface area (Å²) in [5.74, 6) is -0.0969. The van der Waals surface area contributed by atoms with E-state index in [0.717, 1.165) is 5.39 Å². The first-order valence-electron chi connectivity index (χ1n) is 4.63. The number of halogens is 1. The largest absolute Gasteiger partial charge is 0.507 e. The number of hydrogen-bond donors (Lipinski definition) is 1. The van der Waals surface area contributed by atoms with Crippen LogP contribution >= 0.6 is 0 Å². The minimum atomic E-state index is -0.249. The summed E-state index contributed by atoms with van der Waals surface area (Å²) in [6, 6.07) is 8.34. The number of fused-ring (bicyclic) bond motifs is 1. The number of hydrogen-bond acceptors (Lipinski definition) is 1. The fourth-order valence-electron chi connectivity index (χ4n) is 1.75. The second-order valence-electron chi connectivity index (χ2n) is 3.25. The monoisotopic (exact) mass is 385 g/mol. The van der Waals surface area contributed by atoms with E-state index in [9.17, 15) is 9.50 Å². The SMILES string of the molecule is CCc1c(F)ccc2cccc(O)c12.[Pt]. The van der Waals surface area contributed by atoms with Gasteiger partial charge in [0.05, 0.1) is 0 Å². The first-order chi connectivity index (χ1) is 6.74. The van der Waals surface area contributed by atoms with E-state index in [1.807, 2.05) is 13.0 Å². The van der Waals surface area contributed by atoms with Crippen LogP contribution in [0.1, 0.15) is 12.5 Å². The van der Waals surface area contributed by atoms with Crippen molar-refractivity contribution < 1.29 is 30.6 Å². The zero-order valence-corrected chi connectivity index (χ0v) is 10.5. The molecule has 1 N–H and O–H groups in total. The van der Waals surface area contributed by atoms with Gasteiger partial charge in [0.2, 0.25) is 0 Å². The summed E-state index contributed by atoms with van der Waals surface area (Å²) in [4.78, 5) is 0. The number of aryl methyl sites for hydroxylation is 1. The van der Waals surface area contributed by atoms with E-state index in [-0.39, 0.29) is 32.6 Å². The Kier molecular flexibility index (Phi) is 3.87. The van der Waals surface area contributed by atoms with Crippen molar-refractivity contribution in [3.63, 3.8) is 0 Å². The Hall–Kier alpha value is -0.882. The zero-order chi connectivity index (χ0) is 10.1. The Labute approximate surface area is 102 Å². The van der Waals surface area contributed by atoms with Crippen LogP contribution in [0.15, 0.2) is 30.3 Å². The summed E-state index contributed by atoms with van der Waals surface area (Å²) < 4.78 is 13.4. The van der Waals surface area contributed by atoms with Crippen molar-refractivity contribution in [2.45, 2.75) is 13.3 Å². The van der Waals surface area contributed by atoms with Crippen molar-refractivity contribution in [3.8, 4) is 5.75 Å². The van der Waals surface area contributed by atoms with Gasteiger partial charge in [0.1, 0.15) is 11.6 Å². The molecule has 0 aliphatic rings. The maximum Gasteiger partial charge on any atom is 0.127 e. The maximum absolute atomic E-state index is 13.4. The normalized spacial score (nSPS) is 10.0. The summed E-state index contributed by atoms with van der Waals surface area (Å²) >= 11 is 0. The molecule has 0 aromatic heterocycles. The van der Waals surface area contributed by atoms with Crippen molar-refractivity contribution in [2.24, 2.45) is 0 Å². The van der Waals surface area contributed by atoms with Gasteiger partial charge >= 0.3 is 0 Å². The fraction of sp³-hybridized carbons (Fsp3) is 0.167. The summed E-state index contributed by atoms with van der Waals surface area (Å²) in [6.45, 7) is 1.88. The van der Waals surface area contributed by atoms with Crippen molar-refractivity contribution in [2.75, 3.05) is 0 Å². The van der Waals surface area contributed by atoms with E-state index >= 15 is 0 Å². The molecule has 3 heteroatoms. The number of phenolic OH excluding ortho intramolecular Hbond substituents is 1. The quantitative estimate of drug-likeness (QED) is 0.799. The summed E-state index contributed by atoms with van der Waals surface area (Å²) in [7, 11) is 0. The van der Waals surface area contributed by atoms with E-state index < -0.39 is 0 Å². The van der Waals surface area contributed by atoms with Gasteiger partial charge < -0.3 is 5.11 Å². The first-order valence-corrected chi connectivity index (χ1v) is 4.63. The minimum Gasteiger partial charge on any atom is -0.507 e. The van der Waals surface area contributed by atoms with Crippen LogP contribution in [0.25, 0.3) is 10.8 Å². The summed E-state index contributed by atoms with van der Waals surface area (Å²) in [5.41, 5.74) is 0.584. The number of rotatable bonds is 1. The van der Waals surface area contributed by atoms with Crippen molar-refractivity contribution >= 4 is 10.8 Å². The van der Waals surface area contributed by atoms with Crippen LogP contribution in [-0.2, 0) is 27.5 Å². The first kappa shape index (κ1) is 12.2. The molecular formula is C12H11FOPt. The van der Waals surface area contributed by atoms with Gasteiger partial charge in [-0.05, 0) is 29.5 Å². The molecule has 0 aliphatic carbocycles. The van der Waals surface area contributed by atoms with E-state index in [1.165, 1.54) is 6.07 Å². The van der Waals surface area contributed by atoms with Crippen molar-refractivity contribution in [1.82, 2.24) is 0 Å². The van der Waals surface area contributed by atoms with Gasteiger partial charge in [0.15, 0.2) is 0 Å². The number of benzene rings is 2. The van der Waals surface area contributed by atoms with E-state index in [2.05, 4.69) is 0 Å². The minimum absolute atomic E-state index is 0. The van der Waals surface area contributed by atoms with Crippen LogP contribution in [0.4, 0.5) is 4.39 Å². The molecule has 0 unspecified atom stereocenters. The zero-order valence-electron chi connectivity index (χ0n) is 8.24. The standard InChI is InChI=1S/C12H11FO.Pt/c1-2-9-10(13)7-6-8-4-3-5-11(14)12(8)9;/h3-7,14H,2H2,1H3;. The van der Waals surface area contributed by atoms with Crippen LogP contribution in [0, 0.1) is 5.82 Å². The predicted octanol–water partition coefficient (Wildman–Crippen LogP) is 3.24. The molecular weight excluding hydrogens is 374 g/mol. The van der Waals surface area contributed by atoms with Gasteiger partial charge in [-0.1, -0.05) is 25.1 Å². The van der Waals surface area contributed by atoms with Gasteiger partial charge in [-0.15, -0.1) is 0 Å². The fourth-order valence-corrected chi connectivity index (χ4v) is 1.75. The molecule has 2 aromatic rings. The molecule has 2 aromatic carbocycles. The summed E-state index contributed by atoms with van der Waals surface area (Å²) in [5, 5.41) is 11.2. The Bertz CT molecular complexity index is 482. The third-order valence-corrected chi connectivity index (χ3v) is 2.43. The van der Waals surface area contributed by atoms with Crippen LogP contribution < -0.4 is 0 Å². The van der Waals surface area contributed by atoms with E-state index in [4.69, 9.17) is 0 Å². The Morgan fingerprint density at radius 2 is 1.93 bits per heavy atom. The van der Waals surface area contributed by atoms with Crippen LogP contribution in [0.2, 0.25) is 0 Å². The molecule has 0 aliphatic heterocycles. The van der Waals surface area contributed by atoms with Gasteiger partial charge in [0.25, 0.3) is 0 Å². The molecule has 0 radical (unpaired) electrons. The number of phenols is 1. The smallest absolute Gasteiger partial charge is 0.127 e. The molecule has 0 spiro atoms. The number of aromatic hydroxyl groups is 1. The molecule has 0 saturated carbocycles. The molecule has 0 amide bonds. The van der Waals surface area contributed by atoms with Gasteiger partial charge in [-0.2, -0.15) is 0 Å². The molecule has 0 bridgehead atoms. The van der Waals surface area contributed by atoms with Gasteiger partial charge in [-0.3, -0.25) is 0 Å². The Balaban J connectivity index is 0.00000112. The molecule has 2 rings (SSSR count). The molecule has 82 valence electrons. The molecule has 0 atom stereocenters. The molecule has 0 fully saturated rings. The third kappa shape index (κ3) is 2.05. The predicted molar refractivity (Wildman–Crippen MR) is 54.9 cm³/mol.